The number of anilines is 1. The van der Waals surface area contributed by atoms with Gasteiger partial charge in [0.15, 0.2) is 0 Å². The van der Waals surface area contributed by atoms with E-state index in [2.05, 4.69) is 6.07 Å². The summed E-state index contributed by atoms with van der Waals surface area (Å²) in [6.07, 6.45) is 0. The average Bonchev–Trinajstić information content (AvgIpc) is 2.03. The third-order valence-electron chi connectivity index (χ3n) is 1.75. The molecule has 0 atom stereocenters. The molecule has 0 bridgehead atoms. The zero-order chi connectivity index (χ0) is 9.14. The van der Waals surface area contributed by atoms with E-state index in [1.807, 2.05) is 44.1 Å². The maximum atomic E-state index is 8.82. The summed E-state index contributed by atoms with van der Waals surface area (Å²) in [5.41, 5.74) is 2.83. The molecule has 0 radical (unpaired) electrons. The van der Waals surface area contributed by atoms with Gasteiger partial charge < -0.3 is 4.90 Å². The van der Waals surface area contributed by atoms with Gasteiger partial charge in [0, 0.05) is 14.1 Å². The standard InChI is InChI=1S/C10H12N2/c1-8-4-5-10(12(2)3)9(6-8)7-11/h4-6H,1-3H3. The van der Waals surface area contributed by atoms with E-state index < -0.39 is 0 Å². The lowest BCUT2D eigenvalue weighted by atomic mass is 10.1. The number of benzene rings is 1. The first-order chi connectivity index (χ1) is 5.65. The minimum Gasteiger partial charge on any atom is -0.377 e. The van der Waals surface area contributed by atoms with Gasteiger partial charge in [0.25, 0.3) is 0 Å². The quantitative estimate of drug-likeness (QED) is 0.627. The Morgan fingerprint density at radius 3 is 2.50 bits per heavy atom. The Balaban J connectivity index is 3.23. The number of nitriles is 1. The van der Waals surface area contributed by atoms with Gasteiger partial charge >= 0.3 is 0 Å². The van der Waals surface area contributed by atoms with Crippen LogP contribution in [0.3, 0.4) is 0 Å². The molecule has 62 valence electrons. The summed E-state index contributed by atoms with van der Waals surface area (Å²) in [4.78, 5) is 1.94. The van der Waals surface area contributed by atoms with E-state index in [0.717, 1.165) is 16.8 Å². The highest BCUT2D eigenvalue weighted by atomic mass is 15.1. The highest BCUT2D eigenvalue weighted by Gasteiger charge is 2.02. The van der Waals surface area contributed by atoms with Crippen molar-refractivity contribution in [1.82, 2.24) is 0 Å². The van der Waals surface area contributed by atoms with Crippen molar-refractivity contribution < 1.29 is 0 Å². The molecular formula is C10H12N2. The largest absolute Gasteiger partial charge is 0.377 e. The van der Waals surface area contributed by atoms with Crippen LogP contribution in [0.25, 0.3) is 0 Å². The molecule has 0 saturated heterocycles. The Hall–Kier alpha value is -1.49. The van der Waals surface area contributed by atoms with Gasteiger partial charge in [-0.05, 0) is 24.6 Å². The Bertz CT molecular complexity index is 321. The number of aryl methyl sites for hydroxylation is 1. The van der Waals surface area contributed by atoms with E-state index >= 15 is 0 Å². The van der Waals surface area contributed by atoms with Gasteiger partial charge in [-0.25, -0.2) is 0 Å². The molecule has 0 aliphatic heterocycles. The van der Waals surface area contributed by atoms with Gasteiger partial charge in [0.2, 0.25) is 0 Å². The van der Waals surface area contributed by atoms with Crippen molar-refractivity contribution in [3.8, 4) is 6.07 Å². The van der Waals surface area contributed by atoms with Gasteiger partial charge in [-0.1, -0.05) is 6.07 Å². The molecule has 0 amide bonds. The molecule has 0 heterocycles. The van der Waals surface area contributed by atoms with Gasteiger partial charge in [-0.15, -0.1) is 0 Å². The monoisotopic (exact) mass is 160 g/mol. The summed E-state index contributed by atoms with van der Waals surface area (Å²) >= 11 is 0. The summed E-state index contributed by atoms with van der Waals surface area (Å²) in [6.45, 7) is 1.99. The summed E-state index contributed by atoms with van der Waals surface area (Å²) in [5.74, 6) is 0. The molecule has 0 aromatic heterocycles. The molecular weight excluding hydrogens is 148 g/mol. The lowest BCUT2D eigenvalue weighted by Gasteiger charge is -2.13. The third-order valence-corrected chi connectivity index (χ3v) is 1.75. The van der Waals surface area contributed by atoms with Gasteiger partial charge in [-0.2, -0.15) is 5.26 Å². The van der Waals surface area contributed by atoms with E-state index in [9.17, 15) is 0 Å². The minimum absolute atomic E-state index is 0.736. The maximum Gasteiger partial charge on any atom is 0.101 e. The highest BCUT2D eigenvalue weighted by Crippen LogP contribution is 2.18. The zero-order valence-electron chi connectivity index (χ0n) is 7.63. The minimum atomic E-state index is 0.736. The molecule has 0 aliphatic rings. The fourth-order valence-corrected chi connectivity index (χ4v) is 1.13. The van der Waals surface area contributed by atoms with Crippen LogP contribution in [0.2, 0.25) is 0 Å². The van der Waals surface area contributed by atoms with Crippen LogP contribution in [0.15, 0.2) is 18.2 Å². The lowest BCUT2D eigenvalue weighted by Crippen LogP contribution is -2.10. The predicted octanol–water partition coefficient (Wildman–Crippen LogP) is 1.93. The molecule has 2 heteroatoms. The predicted molar refractivity (Wildman–Crippen MR) is 50.2 cm³/mol. The molecule has 12 heavy (non-hydrogen) atoms. The van der Waals surface area contributed by atoms with Crippen molar-refractivity contribution in [2.24, 2.45) is 0 Å². The van der Waals surface area contributed by atoms with Crippen molar-refractivity contribution in [3.63, 3.8) is 0 Å². The SMILES string of the molecule is Cc1ccc(N(C)C)c(C#N)c1. The number of hydrogen-bond donors (Lipinski definition) is 0. The second-order valence-electron chi connectivity index (χ2n) is 3.03. The Morgan fingerprint density at radius 1 is 1.33 bits per heavy atom. The number of rotatable bonds is 1. The second kappa shape index (κ2) is 3.27. The Labute approximate surface area is 73.0 Å². The average molecular weight is 160 g/mol. The molecule has 0 spiro atoms. The molecule has 2 nitrogen and oxygen atoms in total. The lowest BCUT2D eigenvalue weighted by molar-refractivity contribution is 1.12. The summed E-state index contributed by atoms with van der Waals surface area (Å²) < 4.78 is 0. The van der Waals surface area contributed by atoms with Crippen LogP contribution in [0.5, 0.6) is 0 Å². The Morgan fingerprint density at radius 2 is 2.00 bits per heavy atom. The highest BCUT2D eigenvalue weighted by molar-refractivity contribution is 5.59. The van der Waals surface area contributed by atoms with Crippen LogP contribution >= 0.6 is 0 Å². The molecule has 0 N–H and O–H groups in total. The zero-order valence-corrected chi connectivity index (χ0v) is 7.63. The van der Waals surface area contributed by atoms with E-state index in [4.69, 9.17) is 5.26 Å². The van der Waals surface area contributed by atoms with Crippen molar-refractivity contribution in [1.29, 1.82) is 5.26 Å². The van der Waals surface area contributed by atoms with E-state index in [-0.39, 0.29) is 0 Å². The summed E-state index contributed by atoms with van der Waals surface area (Å²) in [5, 5.41) is 8.82. The van der Waals surface area contributed by atoms with Crippen LogP contribution in [0.4, 0.5) is 5.69 Å². The first kappa shape index (κ1) is 8.61. The van der Waals surface area contributed by atoms with Gasteiger partial charge in [-0.3, -0.25) is 0 Å². The van der Waals surface area contributed by atoms with Crippen molar-refractivity contribution in [2.45, 2.75) is 6.92 Å². The first-order valence-corrected chi connectivity index (χ1v) is 3.83. The first-order valence-electron chi connectivity index (χ1n) is 3.83. The molecule has 0 aliphatic carbocycles. The van der Waals surface area contributed by atoms with Crippen LogP contribution in [-0.4, -0.2) is 14.1 Å². The topological polar surface area (TPSA) is 27.0 Å². The Kier molecular flexibility index (Phi) is 2.35. The normalized spacial score (nSPS) is 9.17. The fourth-order valence-electron chi connectivity index (χ4n) is 1.13. The van der Waals surface area contributed by atoms with Crippen LogP contribution in [0, 0.1) is 18.3 Å². The van der Waals surface area contributed by atoms with Crippen LogP contribution in [0.1, 0.15) is 11.1 Å². The van der Waals surface area contributed by atoms with Gasteiger partial charge in [0.1, 0.15) is 6.07 Å². The molecule has 0 unspecified atom stereocenters. The van der Waals surface area contributed by atoms with E-state index in [1.54, 1.807) is 0 Å². The van der Waals surface area contributed by atoms with E-state index in [0.29, 0.717) is 0 Å². The molecule has 0 saturated carbocycles. The van der Waals surface area contributed by atoms with Gasteiger partial charge in [0.05, 0.1) is 11.3 Å². The van der Waals surface area contributed by atoms with Crippen LogP contribution in [-0.2, 0) is 0 Å². The summed E-state index contributed by atoms with van der Waals surface area (Å²) in [6, 6.07) is 8.05. The van der Waals surface area contributed by atoms with Crippen molar-refractivity contribution in [3.05, 3.63) is 29.3 Å². The second-order valence-corrected chi connectivity index (χ2v) is 3.03. The fraction of sp³-hybridized carbons (Fsp3) is 0.300. The number of nitrogens with zero attached hydrogens (tertiary/aromatic N) is 2. The van der Waals surface area contributed by atoms with Crippen molar-refractivity contribution >= 4 is 5.69 Å². The smallest absolute Gasteiger partial charge is 0.101 e. The maximum absolute atomic E-state index is 8.82. The van der Waals surface area contributed by atoms with Crippen molar-refractivity contribution in [2.75, 3.05) is 19.0 Å². The molecule has 1 rings (SSSR count). The summed E-state index contributed by atoms with van der Waals surface area (Å²) in [7, 11) is 3.87. The molecule has 1 aromatic carbocycles. The molecule has 0 fully saturated rings. The van der Waals surface area contributed by atoms with Crippen LogP contribution < -0.4 is 4.90 Å². The number of hydrogen-bond acceptors (Lipinski definition) is 2. The molecule has 1 aromatic rings. The van der Waals surface area contributed by atoms with E-state index in [1.165, 1.54) is 0 Å². The third kappa shape index (κ3) is 1.57.